The molecule has 1 N–H and O–H groups in total. The van der Waals surface area contributed by atoms with Gasteiger partial charge in [0.2, 0.25) is 0 Å². The monoisotopic (exact) mass is 432 g/mol. The number of amides is 2. The molecular weight excluding hydrogens is 415 g/mol. The van der Waals surface area contributed by atoms with E-state index in [0.717, 1.165) is 0 Å². The Bertz CT molecular complexity index is 945. The lowest BCUT2D eigenvalue weighted by Gasteiger charge is -2.38. The van der Waals surface area contributed by atoms with E-state index in [2.05, 4.69) is 5.32 Å². The van der Waals surface area contributed by atoms with Crippen LogP contribution in [0.4, 0.5) is 4.79 Å². The number of rotatable bonds is 3. The number of carbonyl (C=O) groups is 2. The van der Waals surface area contributed by atoms with Gasteiger partial charge in [0.15, 0.2) is 9.84 Å². The summed E-state index contributed by atoms with van der Waals surface area (Å²) in [6, 6.07) is 3.02. The predicted molar refractivity (Wildman–Crippen MR) is 101 cm³/mol. The number of nitrogens with one attached hydrogen (secondary N) is 1. The van der Waals surface area contributed by atoms with Crippen LogP contribution in [0.1, 0.15) is 24.9 Å². The number of halogens is 2. The van der Waals surface area contributed by atoms with E-state index >= 15 is 0 Å². The quantitative estimate of drug-likeness (QED) is 0.740. The normalized spacial score (nSPS) is 24.7. The van der Waals surface area contributed by atoms with Gasteiger partial charge in [-0.05, 0) is 31.0 Å². The predicted octanol–water partition coefficient (Wildman–Crippen LogP) is 2.69. The zero-order valence-corrected chi connectivity index (χ0v) is 17.0. The first-order valence-electron chi connectivity index (χ1n) is 8.19. The Balaban J connectivity index is 2.08. The van der Waals surface area contributed by atoms with Crippen LogP contribution >= 0.6 is 23.2 Å². The molecule has 2 atom stereocenters. The van der Waals surface area contributed by atoms with Crippen molar-refractivity contribution in [2.45, 2.75) is 25.4 Å². The van der Waals surface area contributed by atoms with E-state index in [0.29, 0.717) is 22.7 Å². The van der Waals surface area contributed by atoms with Crippen molar-refractivity contribution in [1.29, 1.82) is 0 Å². The molecule has 0 bridgehead atoms. The zero-order chi connectivity index (χ0) is 19.9. The molecule has 0 radical (unpaired) electrons. The molecule has 3 rings (SSSR count). The first-order valence-corrected chi connectivity index (χ1v) is 10.8. The number of esters is 1. The third-order valence-electron chi connectivity index (χ3n) is 4.78. The van der Waals surface area contributed by atoms with Crippen LogP contribution in [-0.4, -0.2) is 50.0 Å². The minimum Gasteiger partial charge on any atom is -0.466 e. The molecule has 1 fully saturated rings. The van der Waals surface area contributed by atoms with Crippen molar-refractivity contribution in [2.24, 2.45) is 0 Å². The summed E-state index contributed by atoms with van der Waals surface area (Å²) in [4.78, 5) is 26.6. The van der Waals surface area contributed by atoms with E-state index in [1.165, 1.54) is 12.0 Å². The molecule has 2 heterocycles. The number of allylic oxidation sites excluding steroid dienone is 1. The number of hydrogen-bond donors (Lipinski definition) is 1. The van der Waals surface area contributed by atoms with Gasteiger partial charge in [0.05, 0.1) is 46.3 Å². The second-order valence-electron chi connectivity index (χ2n) is 6.47. The van der Waals surface area contributed by atoms with Gasteiger partial charge in [-0.1, -0.05) is 29.3 Å². The minimum absolute atomic E-state index is 0.0124. The van der Waals surface area contributed by atoms with Gasteiger partial charge >= 0.3 is 12.0 Å². The van der Waals surface area contributed by atoms with Crippen LogP contribution < -0.4 is 5.32 Å². The molecule has 1 aromatic rings. The molecule has 0 saturated carbocycles. The first kappa shape index (κ1) is 20.0. The lowest BCUT2D eigenvalue weighted by atomic mass is 9.94. The summed E-state index contributed by atoms with van der Waals surface area (Å²) < 4.78 is 28.6. The second-order valence-corrected chi connectivity index (χ2v) is 9.52. The standard InChI is InChI=1S/C17H18Cl2N2O5S/c1-9-14(16(22)26-2)15(10-3-4-12(18)13(19)7-10)20-17(23)21(9)11-5-6-27(24,25)8-11/h3-4,7,11,15H,5-6,8H2,1-2H3,(H,20,23)/t11-,15-/m1/s1. The van der Waals surface area contributed by atoms with Crippen molar-refractivity contribution >= 4 is 45.0 Å². The van der Waals surface area contributed by atoms with Crippen LogP contribution in [-0.2, 0) is 19.4 Å². The summed E-state index contributed by atoms with van der Waals surface area (Å²) in [5.74, 6) is -0.739. The van der Waals surface area contributed by atoms with E-state index in [-0.39, 0.29) is 22.1 Å². The Labute approximate surface area is 167 Å². The summed E-state index contributed by atoms with van der Waals surface area (Å²) in [5.41, 5.74) is 1.15. The number of urea groups is 1. The van der Waals surface area contributed by atoms with Crippen LogP contribution in [0.2, 0.25) is 10.0 Å². The number of carbonyl (C=O) groups excluding carboxylic acids is 2. The van der Waals surface area contributed by atoms with E-state index < -0.39 is 33.9 Å². The smallest absolute Gasteiger partial charge is 0.337 e. The molecule has 0 spiro atoms. The van der Waals surface area contributed by atoms with Gasteiger partial charge in [0.1, 0.15) is 0 Å². The maximum atomic E-state index is 12.8. The highest BCUT2D eigenvalue weighted by atomic mass is 35.5. The highest BCUT2D eigenvalue weighted by Gasteiger charge is 2.42. The molecule has 2 amide bonds. The number of nitrogens with zero attached hydrogens (tertiary/aromatic N) is 1. The maximum absolute atomic E-state index is 12.8. The summed E-state index contributed by atoms with van der Waals surface area (Å²) in [6.45, 7) is 1.61. The molecule has 27 heavy (non-hydrogen) atoms. The summed E-state index contributed by atoms with van der Waals surface area (Å²) in [5, 5.41) is 3.40. The van der Waals surface area contributed by atoms with Gasteiger partial charge in [0, 0.05) is 5.70 Å². The lowest BCUT2D eigenvalue weighted by molar-refractivity contribution is -0.136. The number of ether oxygens (including phenoxy) is 1. The molecule has 2 aliphatic heterocycles. The highest BCUT2D eigenvalue weighted by molar-refractivity contribution is 7.91. The van der Waals surface area contributed by atoms with Crippen LogP contribution in [0.5, 0.6) is 0 Å². The van der Waals surface area contributed by atoms with E-state index in [1.54, 1.807) is 25.1 Å². The molecule has 10 heteroatoms. The SMILES string of the molecule is COC(=O)C1=C(C)N([C@@H]2CCS(=O)(=O)C2)C(=O)N[C@@H]1c1ccc(Cl)c(Cl)c1. The topological polar surface area (TPSA) is 92.8 Å². The van der Waals surface area contributed by atoms with Crippen LogP contribution in [0, 0.1) is 0 Å². The van der Waals surface area contributed by atoms with Crippen molar-refractivity contribution in [3.05, 3.63) is 45.1 Å². The van der Waals surface area contributed by atoms with Crippen molar-refractivity contribution < 1.29 is 22.7 Å². The average Bonchev–Trinajstić information content (AvgIpc) is 2.95. The Hall–Kier alpha value is -1.77. The molecule has 1 aromatic carbocycles. The molecule has 0 aromatic heterocycles. The lowest BCUT2D eigenvalue weighted by Crippen LogP contribution is -2.52. The van der Waals surface area contributed by atoms with Gasteiger partial charge in [-0.2, -0.15) is 0 Å². The van der Waals surface area contributed by atoms with Crippen LogP contribution in [0.3, 0.4) is 0 Å². The molecule has 7 nitrogen and oxygen atoms in total. The highest BCUT2D eigenvalue weighted by Crippen LogP contribution is 2.36. The fourth-order valence-corrected chi connectivity index (χ4v) is 5.50. The minimum atomic E-state index is -3.20. The molecule has 1 saturated heterocycles. The molecule has 146 valence electrons. The van der Waals surface area contributed by atoms with Crippen molar-refractivity contribution in [2.75, 3.05) is 18.6 Å². The average molecular weight is 433 g/mol. The van der Waals surface area contributed by atoms with Gasteiger partial charge in [-0.25, -0.2) is 18.0 Å². The van der Waals surface area contributed by atoms with E-state index in [4.69, 9.17) is 27.9 Å². The second kappa shape index (κ2) is 7.33. The number of sulfone groups is 1. The summed E-state index contributed by atoms with van der Waals surface area (Å²) in [6.07, 6.45) is 0.318. The first-order chi connectivity index (χ1) is 12.6. The van der Waals surface area contributed by atoms with Gasteiger partial charge < -0.3 is 10.1 Å². The number of hydrogen-bond acceptors (Lipinski definition) is 5. The number of methoxy groups -OCH3 is 1. The maximum Gasteiger partial charge on any atom is 0.337 e. The molecule has 0 unspecified atom stereocenters. The molecule has 0 aliphatic carbocycles. The summed E-state index contributed by atoms with van der Waals surface area (Å²) >= 11 is 12.0. The van der Waals surface area contributed by atoms with Crippen molar-refractivity contribution in [1.82, 2.24) is 10.2 Å². The Morgan fingerprint density at radius 2 is 2.00 bits per heavy atom. The van der Waals surface area contributed by atoms with Crippen LogP contribution in [0.25, 0.3) is 0 Å². The Kier molecular flexibility index (Phi) is 5.42. The molecule has 2 aliphatic rings. The van der Waals surface area contributed by atoms with Crippen LogP contribution in [0.15, 0.2) is 29.5 Å². The fraction of sp³-hybridized carbons (Fsp3) is 0.412. The largest absolute Gasteiger partial charge is 0.466 e. The number of benzene rings is 1. The van der Waals surface area contributed by atoms with Crippen molar-refractivity contribution in [3.8, 4) is 0 Å². The molecular formula is C17H18Cl2N2O5S. The Morgan fingerprint density at radius 1 is 1.30 bits per heavy atom. The van der Waals surface area contributed by atoms with Gasteiger partial charge in [0.25, 0.3) is 0 Å². The Morgan fingerprint density at radius 3 is 2.56 bits per heavy atom. The summed E-state index contributed by atoms with van der Waals surface area (Å²) in [7, 11) is -1.96. The van der Waals surface area contributed by atoms with Crippen molar-refractivity contribution in [3.63, 3.8) is 0 Å². The van der Waals surface area contributed by atoms with E-state index in [9.17, 15) is 18.0 Å². The van der Waals surface area contributed by atoms with Gasteiger partial charge in [-0.3, -0.25) is 4.90 Å². The third kappa shape index (κ3) is 3.79. The van der Waals surface area contributed by atoms with Gasteiger partial charge in [-0.15, -0.1) is 0 Å². The zero-order valence-electron chi connectivity index (χ0n) is 14.7. The van der Waals surface area contributed by atoms with E-state index in [1.807, 2.05) is 0 Å². The third-order valence-corrected chi connectivity index (χ3v) is 7.27. The fourth-order valence-electron chi connectivity index (χ4n) is 3.49.